The molecule has 3 aromatic rings. The Labute approximate surface area is 136 Å². The van der Waals surface area contributed by atoms with Gasteiger partial charge in [-0.2, -0.15) is 0 Å². The summed E-state index contributed by atoms with van der Waals surface area (Å²) >= 11 is 0. The van der Waals surface area contributed by atoms with Crippen LogP contribution in [0.5, 0.6) is 0 Å². The second-order valence-electron chi connectivity index (χ2n) is 6.40. The predicted octanol–water partition coefficient (Wildman–Crippen LogP) is 5.80. The summed E-state index contributed by atoms with van der Waals surface area (Å²) < 4.78 is 2.01. The molecule has 4 heteroatoms. The first-order valence-electron chi connectivity index (χ1n) is 7.93. The van der Waals surface area contributed by atoms with Gasteiger partial charge in [0, 0.05) is 6.20 Å². The average Bonchev–Trinajstić information content (AvgIpc) is 2.86. The molecule has 0 spiro atoms. The molecule has 23 heavy (non-hydrogen) atoms. The van der Waals surface area contributed by atoms with E-state index in [0.717, 1.165) is 28.4 Å². The standard InChI is InChI=1S/C19H22N4/c1-12(2)18-19(23-9-8-14(4)11-17(23)20-18)22-21-16-10-13(3)6-7-15(16)5/h6-12H,1-5H3. The Balaban J connectivity index is 2.13. The number of rotatable bonds is 3. The van der Waals surface area contributed by atoms with Crippen LogP contribution in [-0.4, -0.2) is 9.38 Å². The fourth-order valence-electron chi connectivity index (χ4n) is 2.57. The van der Waals surface area contributed by atoms with Crippen LogP contribution >= 0.6 is 0 Å². The lowest BCUT2D eigenvalue weighted by atomic mass is 10.1. The zero-order valence-electron chi connectivity index (χ0n) is 14.3. The fourth-order valence-corrected chi connectivity index (χ4v) is 2.57. The van der Waals surface area contributed by atoms with E-state index in [1.807, 2.05) is 10.6 Å². The SMILES string of the molecule is Cc1ccc(C)c(N=Nc2c(C(C)C)nc3cc(C)ccn23)c1. The second kappa shape index (κ2) is 5.95. The molecule has 0 aliphatic carbocycles. The molecular formula is C19H22N4. The quantitative estimate of drug-likeness (QED) is 0.564. The van der Waals surface area contributed by atoms with Gasteiger partial charge in [-0.25, -0.2) is 4.98 Å². The van der Waals surface area contributed by atoms with E-state index in [9.17, 15) is 0 Å². The van der Waals surface area contributed by atoms with E-state index in [2.05, 4.69) is 75.2 Å². The highest BCUT2D eigenvalue weighted by molar-refractivity contribution is 5.55. The van der Waals surface area contributed by atoms with E-state index >= 15 is 0 Å². The molecular weight excluding hydrogens is 284 g/mol. The van der Waals surface area contributed by atoms with Crippen LogP contribution in [0.4, 0.5) is 11.5 Å². The summed E-state index contributed by atoms with van der Waals surface area (Å²) in [4.78, 5) is 4.73. The minimum atomic E-state index is 0.294. The van der Waals surface area contributed by atoms with Gasteiger partial charge in [0.1, 0.15) is 5.65 Å². The number of pyridine rings is 1. The van der Waals surface area contributed by atoms with Crippen LogP contribution < -0.4 is 0 Å². The Kier molecular flexibility index (Phi) is 3.99. The number of fused-ring (bicyclic) bond motifs is 1. The van der Waals surface area contributed by atoms with Crippen LogP contribution in [0.25, 0.3) is 5.65 Å². The van der Waals surface area contributed by atoms with Gasteiger partial charge in [0.05, 0.1) is 11.4 Å². The van der Waals surface area contributed by atoms with Crippen molar-refractivity contribution in [3.05, 3.63) is 58.9 Å². The number of hydrogen-bond acceptors (Lipinski definition) is 3. The molecule has 2 heterocycles. The Bertz CT molecular complexity index is 888. The normalized spacial score (nSPS) is 11.9. The first-order valence-corrected chi connectivity index (χ1v) is 7.93. The van der Waals surface area contributed by atoms with Crippen LogP contribution in [0.2, 0.25) is 0 Å². The first-order chi connectivity index (χ1) is 11.0. The van der Waals surface area contributed by atoms with Crippen molar-refractivity contribution in [2.45, 2.75) is 40.5 Å². The number of nitrogens with zero attached hydrogens (tertiary/aromatic N) is 4. The number of imidazole rings is 1. The average molecular weight is 306 g/mol. The first kappa shape index (κ1) is 15.4. The summed E-state index contributed by atoms with van der Waals surface area (Å²) in [6, 6.07) is 10.4. The van der Waals surface area contributed by atoms with E-state index in [-0.39, 0.29) is 0 Å². The summed E-state index contributed by atoms with van der Waals surface area (Å²) in [6.07, 6.45) is 2.01. The summed E-state index contributed by atoms with van der Waals surface area (Å²) in [5, 5.41) is 9.03. The monoisotopic (exact) mass is 306 g/mol. The highest BCUT2D eigenvalue weighted by Crippen LogP contribution is 2.30. The summed E-state index contributed by atoms with van der Waals surface area (Å²) in [6.45, 7) is 10.4. The molecule has 0 saturated carbocycles. The third-order valence-corrected chi connectivity index (χ3v) is 3.95. The minimum Gasteiger partial charge on any atom is -0.283 e. The smallest absolute Gasteiger partial charge is 0.183 e. The minimum absolute atomic E-state index is 0.294. The number of aryl methyl sites for hydroxylation is 3. The van der Waals surface area contributed by atoms with Gasteiger partial charge in [0.25, 0.3) is 0 Å². The molecule has 0 bridgehead atoms. The lowest BCUT2D eigenvalue weighted by molar-refractivity contribution is 0.831. The van der Waals surface area contributed by atoms with Gasteiger partial charge in [0.15, 0.2) is 5.82 Å². The lowest BCUT2D eigenvalue weighted by Crippen LogP contribution is -1.88. The van der Waals surface area contributed by atoms with E-state index in [1.54, 1.807) is 0 Å². The zero-order chi connectivity index (χ0) is 16.6. The van der Waals surface area contributed by atoms with Crippen molar-refractivity contribution in [3.63, 3.8) is 0 Å². The molecule has 0 N–H and O–H groups in total. The van der Waals surface area contributed by atoms with Crippen molar-refractivity contribution in [3.8, 4) is 0 Å². The van der Waals surface area contributed by atoms with Gasteiger partial charge in [-0.3, -0.25) is 4.40 Å². The van der Waals surface area contributed by atoms with Gasteiger partial charge in [0.2, 0.25) is 0 Å². The highest BCUT2D eigenvalue weighted by Gasteiger charge is 2.15. The van der Waals surface area contributed by atoms with Crippen molar-refractivity contribution in [2.75, 3.05) is 0 Å². The Morgan fingerprint density at radius 1 is 0.957 bits per heavy atom. The second-order valence-corrected chi connectivity index (χ2v) is 6.40. The van der Waals surface area contributed by atoms with Crippen molar-refractivity contribution in [2.24, 2.45) is 10.2 Å². The molecule has 1 aromatic carbocycles. The van der Waals surface area contributed by atoms with Crippen LogP contribution in [-0.2, 0) is 0 Å². The van der Waals surface area contributed by atoms with Gasteiger partial charge in [-0.1, -0.05) is 26.0 Å². The highest BCUT2D eigenvalue weighted by atomic mass is 15.2. The molecule has 0 amide bonds. The maximum Gasteiger partial charge on any atom is 0.183 e. The van der Waals surface area contributed by atoms with E-state index in [4.69, 9.17) is 4.98 Å². The zero-order valence-corrected chi connectivity index (χ0v) is 14.3. The van der Waals surface area contributed by atoms with Crippen molar-refractivity contribution >= 4 is 17.2 Å². The molecule has 0 unspecified atom stereocenters. The molecule has 2 aromatic heterocycles. The third-order valence-electron chi connectivity index (χ3n) is 3.95. The number of azo groups is 1. The van der Waals surface area contributed by atoms with Crippen molar-refractivity contribution in [1.82, 2.24) is 9.38 Å². The Hall–Kier alpha value is -2.49. The topological polar surface area (TPSA) is 42.0 Å². The summed E-state index contributed by atoms with van der Waals surface area (Å²) in [7, 11) is 0. The molecule has 4 nitrogen and oxygen atoms in total. The molecule has 0 saturated heterocycles. The Morgan fingerprint density at radius 2 is 1.70 bits per heavy atom. The van der Waals surface area contributed by atoms with Gasteiger partial charge < -0.3 is 0 Å². The molecule has 0 aliphatic rings. The van der Waals surface area contributed by atoms with Gasteiger partial charge >= 0.3 is 0 Å². The fraction of sp³-hybridized carbons (Fsp3) is 0.316. The van der Waals surface area contributed by atoms with Crippen LogP contribution in [0, 0.1) is 20.8 Å². The van der Waals surface area contributed by atoms with Gasteiger partial charge in [-0.05, 0) is 61.6 Å². The Morgan fingerprint density at radius 3 is 2.43 bits per heavy atom. The molecule has 0 aliphatic heterocycles. The maximum absolute atomic E-state index is 4.73. The van der Waals surface area contributed by atoms with E-state index in [0.29, 0.717) is 5.92 Å². The summed E-state index contributed by atoms with van der Waals surface area (Å²) in [5.41, 5.74) is 6.29. The van der Waals surface area contributed by atoms with E-state index in [1.165, 1.54) is 11.1 Å². The van der Waals surface area contributed by atoms with Crippen molar-refractivity contribution < 1.29 is 0 Å². The van der Waals surface area contributed by atoms with Gasteiger partial charge in [-0.15, -0.1) is 10.2 Å². The van der Waals surface area contributed by atoms with Crippen LogP contribution in [0.3, 0.4) is 0 Å². The summed E-state index contributed by atoms with van der Waals surface area (Å²) in [5.74, 6) is 1.11. The number of hydrogen-bond donors (Lipinski definition) is 0. The molecule has 118 valence electrons. The number of benzene rings is 1. The lowest BCUT2D eigenvalue weighted by Gasteiger charge is -2.03. The predicted molar refractivity (Wildman–Crippen MR) is 94.1 cm³/mol. The molecule has 0 radical (unpaired) electrons. The molecule has 3 rings (SSSR count). The molecule has 0 atom stereocenters. The van der Waals surface area contributed by atoms with E-state index < -0.39 is 0 Å². The third kappa shape index (κ3) is 3.02. The molecule has 0 fully saturated rings. The number of aromatic nitrogens is 2. The maximum atomic E-state index is 4.73. The van der Waals surface area contributed by atoms with Crippen LogP contribution in [0.15, 0.2) is 46.8 Å². The van der Waals surface area contributed by atoms with Crippen molar-refractivity contribution in [1.29, 1.82) is 0 Å². The van der Waals surface area contributed by atoms with Crippen LogP contribution in [0.1, 0.15) is 42.1 Å². The largest absolute Gasteiger partial charge is 0.283 e.